The molecule has 0 amide bonds. The molecule has 0 aromatic rings. The second-order valence-electron chi connectivity index (χ2n) is 3.94. The summed E-state index contributed by atoms with van der Waals surface area (Å²) in [7, 11) is 2.11. The highest BCUT2D eigenvalue weighted by molar-refractivity contribution is 4.97. The van der Waals surface area contributed by atoms with Crippen molar-refractivity contribution < 1.29 is 5.11 Å². The van der Waals surface area contributed by atoms with E-state index in [-0.39, 0.29) is 5.54 Å². The first kappa shape index (κ1) is 9.01. The fraction of sp³-hybridized carbons (Fsp3) is 1.00. The van der Waals surface area contributed by atoms with Gasteiger partial charge < -0.3 is 5.11 Å². The number of likely N-dealkylation sites (N-methyl/N-ethyl adjacent to an activating group) is 1. The fourth-order valence-electron chi connectivity index (χ4n) is 1.75. The van der Waals surface area contributed by atoms with Gasteiger partial charge in [0.25, 0.3) is 0 Å². The van der Waals surface area contributed by atoms with Crippen LogP contribution in [0.25, 0.3) is 0 Å². The van der Waals surface area contributed by atoms with Crippen molar-refractivity contribution >= 4 is 0 Å². The molecule has 1 N–H and O–H groups in total. The summed E-state index contributed by atoms with van der Waals surface area (Å²) in [5.74, 6) is 0. The topological polar surface area (TPSA) is 23.5 Å². The van der Waals surface area contributed by atoms with Gasteiger partial charge >= 0.3 is 0 Å². The predicted octanol–water partition coefficient (Wildman–Crippen LogP) is 1.24. The summed E-state index contributed by atoms with van der Waals surface area (Å²) in [6.07, 6.45) is 3.61. The second-order valence-corrected chi connectivity index (χ2v) is 3.94. The van der Waals surface area contributed by atoms with Crippen molar-refractivity contribution in [2.45, 2.75) is 44.7 Å². The molecule has 0 heterocycles. The lowest BCUT2D eigenvalue weighted by Crippen LogP contribution is -2.56. The summed E-state index contributed by atoms with van der Waals surface area (Å²) < 4.78 is 0. The summed E-state index contributed by atoms with van der Waals surface area (Å²) in [6.45, 7) is 4.67. The average molecular weight is 157 g/mol. The Morgan fingerprint density at radius 1 is 1.45 bits per heavy atom. The lowest BCUT2D eigenvalue weighted by Gasteiger charge is -2.49. The lowest BCUT2D eigenvalue weighted by molar-refractivity contribution is -0.0297. The van der Waals surface area contributed by atoms with Gasteiger partial charge in [-0.3, -0.25) is 4.90 Å². The molecular weight excluding hydrogens is 138 g/mol. The molecule has 2 heteroatoms. The minimum atomic E-state index is 0.133. The third-order valence-corrected chi connectivity index (χ3v) is 3.10. The van der Waals surface area contributed by atoms with Gasteiger partial charge in [-0.25, -0.2) is 0 Å². The van der Waals surface area contributed by atoms with E-state index in [4.69, 9.17) is 0 Å². The zero-order valence-corrected chi connectivity index (χ0v) is 7.80. The Morgan fingerprint density at radius 3 is 2.09 bits per heavy atom. The summed E-state index contributed by atoms with van der Waals surface area (Å²) in [5.41, 5.74) is 0.133. The molecule has 0 atom stereocenters. The van der Waals surface area contributed by atoms with Crippen molar-refractivity contribution in [3.05, 3.63) is 0 Å². The van der Waals surface area contributed by atoms with Crippen molar-refractivity contribution in [2.24, 2.45) is 0 Å². The Labute approximate surface area is 69.2 Å². The van der Waals surface area contributed by atoms with Gasteiger partial charge in [-0.05, 0) is 40.2 Å². The average Bonchev–Trinajstić information content (AvgIpc) is 1.86. The van der Waals surface area contributed by atoms with Crippen LogP contribution < -0.4 is 0 Å². The summed E-state index contributed by atoms with van der Waals surface area (Å²) in [4.78, 5) is 2.30. The Hall–Kier alpha value is -0.0800. The SMILES string of the molecule is CC(C)N(C)C1(CO)CCC1. The molecule has 1 saturated carbocycles. The highest BCUT2D eigenvalue weighted by atomic mass is 16.3. The van der Waals surface area contributed by atoms with E-state index < -0.39 is 0 Å². The fourth-order valence-corrected chi connectivity index (χ4v) is 1.75. The maximum Gasteiger partial charge on any atom is 0.0615 e. The summed E-state index contributed by atoms with van der Waals surface area (Å²) >= 11 is 0. The minimum Gasteiger partial charge on any atom is -0.394 e. The van der Waals surface area contributed by atoms with Gasteiger partial charge in [0.05, 0.1) is 6.61 Å². The molecule has 0 aromatic carbocycles. The minimum absolute atomic E-state index is 0.133. The first-order chi connectivity index (χ1) is 5.12. The largest absolute Gasteiger partial charge is 0.394 e. The third kappa shape index (κ3) is 1.42. The summed E-state index contributed by atoms with van der Waals surface area (Å²) in [5, 5.41) is 9.21. The molecule has 0 aromatic heterocycles. The van der Waals surface area contributed by atoms with Gasteiger partial charge in [-0.2, -0.15) is 0 Å². The Kier molecular flexibility index (Phi) is 2.55. The van der Waals surface area contributed by atoms with Crippen LogP contribution in [0.2, 0.25) is 0 Å². The maximum atomic E-state index is 9.21. The number of hydrogen-bond donors (Lipinski definition) is 1. The lowest BCUT2D eigenvalue weighted by atomic mass is 9.75. The van der Waals surface area contributed by atoms with E-state index in [1.54, 1.807) is 0 Å². The molecule has 0 bridgehead atoms. The van der Waals surface area contributed by atoms with Gasteiger partial charge in [-0.15, -0.1) is 0 Å². The molecule has 1 aliphatic rings. The zero-order chi connectivity index (χ0) is 8.48. The molecule has 1 aliphatic carbocycles. The van der Waals surface area contributed by atoms with Gasteiger partial charge in [0.2, 0.25) is 0 Å². The van der Waals surface area contributed by atoms with Crippen LogP contribution >= 0.6 is 0 Å². The monoisotopic (exact) mass is 157 g/mol. The standard InChI is InChI=1S/C9H19NO/c1-8(2)10(3)9(7-11)5-4-6-9/h8,11H,4-7H2,1-3H3. The van der Waals surface area contributed by atoms with Crippen LogP contribution in [-0.2, 0) is 0 Å². The van der Waals surface area contributed by atoms with Crippen LogP contribution in [0.1, 0.15) is 33.1 Å². The highest BCUT2D eigenvalue weighted by Crippen LogP contribution is 2.37. The van der Waals surface area contributed by atoms with Crippen molar-refractivity contribution in [1.82, 2.24) is 4.90 Å². The van der Waals surface area contributed by atoms with Crippen molar-refractivity contribution in [1.29, 1.82) is 0 Å². The van der Waals surface area contributed by atoms with E-state index in [0.29, 0.717) is 12.6 Å². The van der Waals surface area contributed by atoms with E-state index in [0.717, 1.165) is 12.8 Å². The maximum absolute atomic E-state index is 9.21. The number of aliphatic hydroxyl groups is 1. The number of rotatable bonds is 3. The van der Waals surface area contributed by atoms with Crippen LogP contribution in [0.4, 0.5) is 0 Å². The van der Waals surface area contributed by atoms with E-state index in [1.807, 2.05) is 0 Å². The van der Waals surface area contributed by atoms with E-state index in [9.17, 15) is 5.11 Å². The van der Waals surface area contributed by atoms with Crippen LogP contribution in [0, 0.1) is 0 Å². The van der Waals surface area contributed by atoms with Gasteiger partial charge in [0.1, 0.15) is 0 Å². The Balaban J connectivity index is 2.54. The summed E-state index contributed by atoms with van der Waals surface area (Å²) in [6, 6.07) is 0.544. The van der Waals surface area contributed by atoms with Gasteiger partial charge in [0.15, 0.2) is 0 Å². The molecule has 2 nitrogen and oxygen atoms in total. The molecular formula is C9H19NO. The van der Waals surface area contributed by atoms with Gasteiger partial charge in [0, 0.05) is 11.6 Å². The first-order valence-corrected chi connectivity index (χ1v) is 4.46. The van der Waals surface area contributed by atoms with Crippen LogP contribution in [0.5, 0.6) is 0 Å². The Bertz CT molecular complexity index is 124. The Morgan fingerprint density at radius 2 is 2.00 bits per heavy atom. The number of hydrogen-bond acceptors (Lipinski definition) is 2. The smallest absolute Gasteiger partial charge is 0.0615 e. The first-order valence-electron chi connectivity index (χ1n) is 4.46. The van der Waals surface area contributed by atoms with E-state index >= 15 is 0 Å². The normalized spacial score (nSPS) is 22.4. The van der Waals surface area contributed by atoms with Crippen molar-refractivity contribution in [2.75, 3.05) is 13.7 Å². The molecule has 1 fully saturated rings. The molecule has 11 heavy (non-hydrogen) atoms. The molecule has 66 valence electrons. The number of nitrogens with zero attached hydrogens (tertiary/aromatic N) is 1. The molecule has 0 radical (unpaired) electrons. The predicted molar refractivity (Wildman–Crippen MR) is 46.6 cm³/mol. The van der Waals surface area contributed by atoms with Crippen molar-refractivity contribution in [3.63, 3.8) is 0 Å². The molecule has 0 aliphatic heterocycles. The van der Waals surface area contributed by atoms with E-state index in [2.05, 4.69) is 25.8 Å². The quantitative estimate of drug-likeness (QED) is 0.666. The molecule has 0 unspecified atom stereocenters. The molecule has 0 spiro atoms. The van der Waals surface area contributed by atoms with Crippen molar-refractivity contribution in [3.8, 4) is 0 Å². The van der Waals surface area contributed by atoms with Gasteiger partial charge in [-0.1, -0.05) is 0 Å². The van der Waals surface area contributed by atoms with Crippen LogP contribution in [0.15, 0.2) is 0 Å². The van der Waals surface area contributed by atoms with Crippen LogP contribution in [-0.4, -0.2) is 35.2 Å². The molecule has 0 saturated heterocycles. The highest BCUT2D eigenvalue weighted by Gasteiger charge is 2.40. The number of aliphatic hydroxyl groups excluding tert-OH is 1. The zero-order valence-electron chi connectivity index (χ0n) is 7.80. The molecule has 1 rings (SSSR count). The second kappa shape index (κ2) is 3.11. The van der Waals surface area contributed by atoms with Crippen LogP contribution in [0.3, 0.4) is 0 Å². The third-order valence-electron chi connectivity index (χ3n) is 3.10. The van der Waals surface area contributed by atoms with E-state index in [1.165, 1.54) is 6.42 Å².